The second-order valence-electron chi connectivity index (χ2n) is 4.72. The number of amides is 2. The summed E-state index contributed by atoms with van der Waals surface area (Å²) in [5.74, 6) is -4.13. The molecule has 1 aromatic carbocycles. The van der Waals surface area contributed by atoms with Crippen molar-refractivity contribution in [2.75, 3.05) is 19.8 Å². The fourth-order valence-corrected chi connectivity index (χ4v) is 1.85. The van der Waals surface area contributed by atoms with Gasteiger partial charge in [-0.3, -0.25) is 4.21 Å². The van der Waals surface area contributed by atoms with Crippen LogP contribution in [0.25, 0.3) is 0 Å². The highest BCUT2D eigenvalue weighted by atomic mass is 32.2. The molecule has 0 spiro atoms. The molecule has 0 aliphatic carbocycles. The predicted octanol–water partition coefficient (Wildman–Crippen LogP) is 2.01. The van der Waals surface area contributed by atoms with E-state index in [1.54, 1.807) is 6.92 Å². The van der Waals surface area contributed by atoms with Crippen LogP contribution < -0.4 is 5.32 Å². The lowest BCUT2D eigenvalue weighted by Crippen LogP contribution is -2.40. The van der Waals surface area contributed by atoms with E-state index in [4.69, 9.17) is 0 Å². The minimum atomic E-state index is -1.54. The Balaban J connectivity index is 2.62. The van der Waals surface area contributed by atoms with Crippen LogP contribution in [0.3, 0.4) is 0 Å². The summed E-state index contributed by atoms with van der Waals surface area (Å²) in [6.07, 6.45) is 1.53. The van der Waals surface area contributed by atoms with Gasteiger partial charge in [0.05, 0.1) is 0 Å². The summed E-state index contributed by atoms with van der Waals surface area (Å²) in [5.41, 5.74) is 0.135. The maximum absolute atomic E-state index is 13.1. The van der Waals surface area contributed by atoms with Gasteiger partial charge < -0.3 is 10.2 Å². The summed E-state index contributed by atoms with van der Waals surface area (Å²) in [7, 11) is 0.372. The van der Waals surface area contributed by atoms with Gasteiger partial charge in [0.25, 0.3) is 0 Å². The van der Waals surface area contributed by atoms with Crippen LogP contribution in [-0.2, 0) is 17.3 Å². The molecule has 2 atom stereocenters. The summed E-state index contributed by atoms with van der Waals surface area (Å²) < 4.78 is 50.1. The van der Waals surface area contributed by atoms with Gasteiger partial charge in [0, 0.05) is 42.4 Å². The lowest BCUT2D eigenvalue weighted by molar-refractivity contribution is 0.207. The van der Waals surface area contributed by atoms with Gasteiger partial charge in [-0.15, -0.1) is 0 Å². The van der Waals surface area contributed by atoms with Crippen LogP contribution in [0.15, 0.2) is 12.1 Å². The van der Waals surface area contributed by atoms with E-state index >= 15 is 0 Å². The minimum absolute atomic E-state index is 0.0798. The summed E-state index contributed by atoms with van der Waals surface area (Å²) in [5, 5.41) is 2.35. The largest absolute Gasteiger partial charge is 0.337 e. The van der Waals surface area contributed by atoms with Crippen LogP contribution >= 0.6 is 0 Å². The van der Waals surface area contributed by atoms with Gasteiger partial charge in [-0.05, 0) is 24.6 Å². The molecule has 4 nitrogen and oxygen atoms in total. The van der Waals surface area contributed by atoms with Crippen molar-refractivity contribution in [3.8, 4) is 0 Å². The lowest BCUT2D eigenvalue weighted by Gasteiger charge is -2.19. The highest BCUT2D eigenvalue weighted by Crippen LogP contribution is 2.14. The molecule has 1 rings (SSSR count). The molecule has 118 valence electrons. The van der Waals surface area contributed by atoms with Crippen molar-refractivity contribution in [1.29, 1.82) is 0 Å². The molecule has 0 heterocycles. The van der Waals surface area contributed by atoms with Crippen molar-refractivity contribution in [3.63, 3.8) is 0 Å². The number of halogens is 3. The smallest absolute Gasteiger partial charge is 0.317 e. The number of hydrogen-bond acceptors (Lipinski definition) is 2. The molecule has 0 bridgehead atoms. The lowest BCUT2D eigenvalue weighted by atomic mass is 10.2. The molecule has 0 fully saturated rings. The molecule has 0 aliphatic rings. The molecule has 0 aliphatic heterocycles. The number of carbonyl (C=O) groups is 1. The van der Waals surface area contributed by atoms with Crippen LogP contribution in [0.2, 0.25) is 0 Å². The Morgan fingerprint density at radius 1 is 1.33 bits per heavy atom. The van der Waals surface area contributed by atoms with Crippen LogP contribution in [0.5, 0.6) is 0 Å². The number of benzene rings is 1. The maximum atomic E-state index is 13.1. The van der Waals surface area contributed by atoms with Gasteiger partial charge in [-0.25, -0.2) is 18.0 Å². The zero-order valence-corrected chi connectivity index (χ0v) is 12.8. The van der Waals surface area contributed by atoms with Crippen molar-refractivity contribution >= 4 is 16.8 Å². The van der Waals surface area contributed by atoms with Crippen LogP contribution in [0.1, 0.15) is 12.5 Å². The normalized spacial score (nSPS) is 13.6. The van der Waals surface area contributed by atoms with Crippen LogP contribution in [0.4, 0.5) is 18.0 Å². The quantitative estimate of drug-likeness (QED) is 0.843. The van der Waals surface area contributed by atoms with E-state index in [-0.39, 0.29) is 23.9 Å². The topological polar surface area (TPSA) is 49.4 Å². The molecule has 0 unspecified atom stereocenters. The summed E-state index contributed by atoms with van der Waals surface area (Å²) in [6, 6.07) is 1.20. The van der Waals surface area contributed by atoms with Crippen molar-refractivity contribution < 1.29 is 22.2 Å². The highest BCUT2D eigenvalue weighted by molar-refractivity contribution is 7.84. The monoisotopic (exact) mass is 322 g/mol. The molecule has 0 radical (unpaired) electrons. The van der Waals surface area contributed by atoms with Crippen molar-refractivity contribution in [2.45, 2.75) is 18.7 Å². The van der Waals surface area contributed by atoms with E-state index in [1.807, 2.05) is 0 Å². The molecule has 2 amide bonds. The number of nitrogens with zero attached hydrogens (tertiary/aromatic N) is 1. The predicted molar refractivity (Wildman–Crippen MR) is 74.7 cm³/mol. The molecule has 0 aromatic heterocycles. The van der Waals surface area contributed by atoms with Crippen molar-refractivity contribution in [3.05, 3.63) is 35.1 Å². The number of urea groups is 1. The van der Waals surface area contributed by atoms with E-state index in [9.17, 15) is 22.2 Å². The number of hydrogen-bond donors (Lipinski definition) is 1. The van der Waals surface area contributed by atoms with Gasteiger partial charge in [0.2, 0.25) is 0 Å². The maximum Gasteiger partial charge on any atom is 0.317 e. The van der Waals surface area contributed by atoms with E-state index in [0.29, 0.717) is 0 Å². The summed E-state index contributed by atoms with van der Waals surface area (Å²) in [6.45, 7) is 1.86. The fourth-order valence-electron chi connectivity index (χ4n) is 1.53. The first-order chi connectivity index (χ1) is 9.72. The zero-order valence-electron chi connectivity index (χ0n) is 12.0. The average Bonchev–Trinajstić information content (AvgIpc) is 2.41. The molecular formula is C13H17F3N2O2S. The van der Waals surface area contributed by atoms with Gasteiger partial charge >= 0.3 is 6.03 Å². The Morgan fingerprint density at radius 3 is 2.33 bits per heavy atom. The molecule has 1 aromatic rings. The molecule has 8 heteroatoms. The molecule has 1 N–H and O–H groups in total. The van der Waals surface area contributed by atoms with Gasteiger partial charge in [0.1, 0.15) is 0 Å². The number of rotatable bonds is 5. The van der Waals surface area contributed by atoms with Gasteiger partial charge in [-0.2, -0.15) is 0 Å². The molecular weight excluding hydrogens is 305 g/mol. The van der Waals surface area contributed by atoms with E-state index in [0.717, 1.165) is 12.1 Å². The third-order valence-corrected chi connectivity index (χ3v) is 4.22. The Kier molecular flexibility index (Phi) is 6.19. The highest BCUT2D eigenvalue weighted by Gasteiger charge is 2.15. The Morgan fingerprint density at radius 2 is 1.86 bits per heavy atom. The summed E-state index contributed by atoms with van der Waals surface area (Å²) in [4.78, 5) is 13.0. The van der Waals surface area contributed by atoms with Crippen LogP contribution in [0, 0.1) is 17.5 Å². The first kappa shape index (κ1) is 17.5. The number of nitrogens with one attached hydrogen (secondary N) is 1. The Hall–Kier alpha value is -1.57. The third-order valence-electron chi connectivity index (χ3n) is 2.92. The minimum Gasteiger partial charge on any atom is -0.337 e. The van der Waals surface area contributed by atoms with E-state index in [2.05, 4.69) is 5.32 Å². The Bertz CT molecular complexity index is 531. The molecule has 0 saturated carbocycles. The second-order valence-corrected chi connectivity index (χ2v) is 6.53. The third kappa shape index (κ3) is 5.04. The van der Waals surface area contributed by atoms with E-state index < -0.39 is 34.3 Å². The van der Waals surface area contributed by atoms with Crippen molar-refractivity contribution in [1.82, 2.24) is 10.2 Å². The van der Waals surface area contributed by atoms with Gasteiger partial charge in [-0.1, -0.05) is 0 Å². The van der Waals surface area contributed by atoms with E-state index in [1.165, 1.54) is 18.2 Å². The second kappa shape index (κ2) is 7.44. The summed E-state index contributed by atoms with van der Waals surface area (Å²) >= 11 is 0. The zero-order chi connectivity index (χ0) is 16.2. The first-order valence-electron chi connectivity index (χ1n) is 6.17. The first-order valence-corrected chi connectivity index (χ1v) is 7.79. The average molecular weight is 322 g/mol. The molecule has 0 saturated heterocycles. The van der Waals surface area contributed by atoms with Gasteiger partial charge in [0.15, 0.2) is 17.5 Å². The number of carbonyl (C=O) groups excluding carboxylic acids is 1. The standard InChI is InChI=1S/C13H17F3N2O2S/c1-8(21(3)20)6-17-13(19)18(2)7-9-4-10(14)12(16)11(15)5-9/h4-5,8H,6-7H2,1-3H3,(H,17,19)/t8-,21+/m1/s1. The van der Waals surface area contributed by atoms with Crippen LogP contribution in [-0.4, -0.2) is 40.2 Å². The molecule has 21 heavy (non-hydrogen) atoms. The fraction of sp³-hybridized carbons (Fsp3) is 0.462. The Labute approximate surface area is 123 Å². The SMILES string of the molecule is C[C@H](CNC(=O)N(C)Cc1cc(F)c(F)c(F)c1)[S@](C)=O. The van der Waals surface area contributed by atoms with Crippen molar-refractivity contribution in [2.24, 2.45) is 0 Å².